The van der Waals surface area contributed by atoms with Crippen LogP contribution in [0.2, 0.25) is 0 Å². The van der Waals surface area contributed by atoms with Crippen LogP contribution in [-0.2, 0) is 4.79 Å². The van der Waals surface area contributed by atoms with E-state index in [0.717, 1.165) is 23.4 Å². The van der Waals surface area contributed by atoms with E-state index in [0.29, 0.717) is 24.7 Å². The number of carbonyl (C=O) groups excluding carboxylic acids is 1. The third-order valence-electron chi connectivity index (χ3n) is 3.85. The number of rotatable bonds is 4. The highest BCUT2D eigenvalue weighted by Gasteiger charge is 2.10. The van der Waals surface area contributed by atoms with Gasteiger partial charge in [0.25, 0.3) is 0 Å². The summed E-state index contributed by atoms with van der Waals surface area (Å²) >= 11 is 0. The molecule has 0 atom stereocenters. The van der Waals surface area contributed by atoms with E-state index in [2.05, 4.69) is 15.5 Å². The standard InChI is InChI=1S/C19H16N4O4/c24-19(27-16-6-4-15(5-7-16)23-13-20-21-22-23)9-3-14-2-8-17-18(12-14)26-11-1-10-25-17/h2-9,12-13H,1,10-11H2/b9-3+. The molecule has 2 heterocycles. The normalized spacial score (nSPS) is 13.3. The zero-order valence-electron chi connectivity index (χ0n) is 14.3. The van der Waals surface area contributed by atoms with Crippen molar-refractivity contribution in [2.24, 2.45) is 0 Å². The quantitative estimate of drug-likeness (QED) is 0.399. The Balaban J connectivity index is 1.39. The summed E-state index contributed by atoms with van der Waals surface area (Å²) in [6.07, 6.45) is 5.37. The fourth-order valence-corrected chi connectivity index (χ4v) is 2.54. The van der Waals surface area contributed by atoms with Gasteiger partial charge in [-0.05, 0) is 58.5 Å². The summed E-state index contributed by atoms with van der Waals surface area (Å²) < 4.78 is 18.0. The molecule has 136 valence electrons. The van der Waals surface area contributed by atoms with Crippen molar-refractivity contribution in [2.75, 3.05) is 13.2 Å². The maximum Gasteiger partial charge on any atom is 0.336 e. The predicted octanol–water partition coefficient (Wildman–Crippen LogP) is 2.44. The Morgan fingerprint density at radius 3 is 2.67 bits per heavy atom. The van der Waals surface area contributed by atoms with Crippen molar-refractivity contribution in [1.82, 2.24) is 20.2 Å². The van der Waals surface area contributed by atoms with Gasteiger partial charge < -0.3 is 14.2 Å². The smallest absolute Gasteiger partial charge is 0.336 e. The van der Waals surface area contributed by atoms with Crippen molar-refractivity contribution in [3.8, 4) is 22.9 Å². The van der Waals surface area contributed by atoms with Gasteiger partial charge in [-0.2, -0.15) is 0 Å². The molecule has 0 bridgehead atoms. The van der Waals surface area contributed by atoms with Gasteiger partial charge in [0.2, 0.25) is 0 Å². The molecule has 0 saturated carbocycles. The Hall–Kier alpha value is -3.68. The van der Waals surface area contributed by atoms with Crippen molar-refractivity contribution in [2.45, 2.75) is 6.42 Å². The summed E-state index contributed by atoms with van der Waals surface area (Å²) in [5.74, 6) is 1.36. The highest BCUT2D eigenvalue weighted by atomic mass is 16.5. The summed E-state index contributed by atoms with van der Waals surface area (Å²) in [7, 11) is 0. The van der Waals surface area contributed by atoms with Crippen LogP contribution in [0.15, 0.2) is 54.9 Å². The molecule has 0 saturated heterocycles. The number of esters is 1. The molecular formula is C19H16N4O4. The van der Waals surface area contributed by atoms with Gasteiger partial charge >= 0.3 is 5.97 Å². The fraction of sp³-hybridized carbons (Fsp3) is 0.158. The van der Waals surface area contributed by atoms with Crippen LogP contribution in [-0.4, -0.2) is 39.4 Å². The van der Waals surface area contributed by atoms with Crippen LogP contribution in [0.4, 0.5) is 0 Å². The fourth-order valence-electron chi connectivity index (χ4n) is 2.54. The van der Waals surface area contributed by atoms with Gasteiger partial charge in [-0.15, -0.1) is 5.10 Å². The third kappa shape index (κ3) is 4.12. The maximum absolute atomic E-state index is 12.0. The molecule has 4 rings (SSSR count). The zero-order chi connectivity index (χ0) is 18.5. The molecule has 1 aliphatic rings. The summed E-state index contributed by atoms with van der Waals surface area (Å²) in [5, 5.41) is 10.9. The number of hydrogen-bond donors (Lipinski definition) is 0. The van der Waals surface area contributed by atoms with Gasteiger partial charge in [-0.3, -0.25) is 0 Å². The number of carbonyl (C=O) groups is 1. The van der Waals surface area contributed by atoms with Crippen LogP contribution < -0.4 is 14.2 Å². The first-order valence-corrected chi connectivity index (χ1v) is 8.41. The summed E-state index contributed by atoms with van der Waals surface area (Å²) in [6, 6.07) is 12.4. The highest BCUT2D eigenvalue weighted by Crippen LogP contribution is 2.30. The van der Waals surface area contributed by atoms with Gasteiger partial charge in [-0.1, -0.05) is 6.07 Å². The van der Waals surface area contributed by atoms with Gasteiger partial charge in [-0.25, -0.2) is 9.48 Å². The second kappa shape index (κ2) is 7.69. The van der Waals surface area contributed by atoms with Crippen LogP contribution in [0, 0.1) is 0 Å². The van der Waals surface area contributed by atoms with Crippen LogP contribution in [0.25, 0.3) is 11.8 Å². The minimum atomic E-state index is -0.475. The van der Waals surface area contributed by atoms with Crippen LogP contribution in [0.3, 0.4) is 0 Å². The van der Waals surface area contributed by atoms with Crippen LogP contribution in [0.5, 0.6) is 17.2 Å². The molecule has 2 aromatic carbocycles. The van der Waals surface area contributed by atoms with E-state index in [-0.39, 0.29) is 0 Å². The second-order valence-corrected chi connectivity index (χ2v) is 5.76. The average molecular weight is 364 g/mol. The lowest BCUT2D eigenvalue weighted by molar-refractivity contribution is -0.128. The number of aromatic nitrogens is 4. The topological polar surface area (TPSA) is 88.4 Å². The van der Waals surface area contributed by atoms with Gasteiger partial charge in [0.15, 0.2) is 11.5 Å². The molecule has 0 fully saturated rings. The molecule has 8 nitrogen and oxygen atoms in total. The Morgan fingerprint density at radius 1 is 1.07 bits per heavy atom. The van der Waals surface area contributed by atoms with E-state index in [9.17, 15) is 4.79 Å². The van der Waals surface area contributed by atoms with Crippen molar-refractivity contribution in [3.05, 3.63) is 60.4 Å². The molecule has 3 aromatic rings. The number of benzene rings is 2. The first-order valence-electron chi connectivity index (χ1n) is 8.41. The number of ether oxygens (including phenoxy) is 3. The zero-order valence-corrected chi connectivity index (χ0v) is 14.3. The maximum atomic E-state index is 12.0. The van der Waals surface area contributed by atoms with Crippen molar-refractivity contribution in [1.29, 1.82) is 0 Å². The van der Waals surface area contributed by atoms with E-state index >= 15 is 0 Å². The number of fused-ring (bicyclic) bond motifs is 1. The van der Waals surface area contributed by atoms with Crippen molar-refractivity contribution < 1.29 is 19.0 Å². The summed E-state index contributed by atoms with van der Waals surface area (Å²) in [4.78, 5) is 12.0. The minimum absolute atomic E-state index is 0.431. The molecule has 1 aliphatic heterocycles. The van der Waals surface area contributed by atoms with E-state index in [4.69, 9.17) is 14.2 Å². The van der Waals surface area contributed by atoms with Gasteiger partial charge in [0, 0.05) is 12.5 Å². The number of tetrazole rings is 1. The van der Waals surface area contributed by atoms with Crippen molar-refractivity contribution >= 4 is 12.0 Å². The average Bonchev–Trinajstić information content (AvgIpc) is 3.13. The molecule has 0 amide bonds. The first-order chi connectivity index (χ1) is 13.3. The monoisotopic (exact) mass is 364 g/mol. The second-order valence-electron chi connectivity index (χ2n) is 5.76. The molecule has 0 spiro atoms. The molecule has 8 heteroatoms. The molecule has 0 radical (unpaired) electrons. The van der Waals surface area contributed by atoms with E-state index in [1.165, 1.54) is 17.1 Å². The van der Waals surface area contributed by atoms with Crippen LogP contribution in [0.1, 0.15) is 12.0 Å². The molecule has 0 N–H and O–H groups in total. The Labute approximate surface area is 155 Å². The molecule has 1 aromatic heterocycles. The highest BCUT2D eigenvalue weighted by molar-refractivity contribution is 5.88. The largest absolute Gasteiger partial charge is 0.490 e. The summed E-state index contributed by atoms with van der Waals surface area (Å²) in [5.41, 5.74) is 1.59. The van der Waals surface area contributed by atoms with Gasteiger partial charge in [0.05, 0.1) is 18.9 Å². The lowest BCUT2D eigenvalue weighted by Crippen LogP contribution is -2.04. The molecule has 0 unspecified atom stereocenters. The molecule has 27 heavy (non-hydrogen) atoms. The first kappa shape index (κ1) is 16.8. The Bertz CT molecular complexity index is 952. The predicted molar refractivity (Wildman–Crippen MR) is 95.9 cm³/mol. The summed E-state index contributed by atoms with van der Waals surface area (Å²) in [6.45, 7) is 1.25. The Morgan fingerprint density at radius 2 is 1.89 bits per heavy atom. The number of nitrogens with zero attached hydrogens (tertiary/aromatic N) is 4. The minimum Gasteiger partial charge on any atom is -0.490 e. The van der Waals surface area contributed by atoms with Gasteiger partial charge in [0.1, 0.15) is 12.1 Å². The van der Waals surface area contributed by atoms with E-state index in [1.807, 2.05) is 18.2 Å². The van der Waals surface area contributed by atoms with Crippen LogP contribution >= 0.6 is 0 Å². The molecular weight excluding hydrogens is 348 g/mol. The SMILES string of the molecule is O=C(/C=C/c1ccc2c(c1)OCCCO2)Oc1ccc(-n2cnnn2)cc1. The Kier molecular flexibility index (Phi) is 4.78. The third-order valence-corrected chi connectivity index (χ3v) is 3.85. The van der Waals surface area contributed by atoms with Crippen molar-refractivity contribution in [3.63, 3.8) is 0 Å². The molecule has 0 aliphatic carbocycles. The van der Waals surface area contributed by atoms with E-state index < -0.39 is 5.97 Å². The number of hydrogen-bond acceptors (Lipinski definition) is 7. The lowest BCUT2D eigenvalue weighted by atomic mass is 10.2. The lowest BCUT2D eigenvalue weighted by Gasteiger charge is -2.07. The van der Waals surface area contributed by atoms with E-state index in [1.54, 1.807) is 30.3 Å².